The molecule has 5 heteroatoms. The van der Waals surface area contributed by atoms with Gasteiger partial charge in [0, 0.05) is 28.2 Å². The summed E-state index contributed by atoms with van der Waals surface area (Å²) in [6, 6.07) is 11.4. The van der Waals surface area contributed by atoms with Crippen molar-refractivity contribution in [3.8, 4) is 5.88 Å². The molecule has 0 saturated carbocycles. The monoisotopic (exact) mass is 301 g/mol. The Hall–Kier alpha value is -2.20. The molecule has 0 bridgehead atoms. The second-order valence-corrected chi connectivity index (χ2v) is 5.48. The van der Waals surface area contributed by atoms with Crippen molar-refractivity contribution in [2.75, 3.05) is 5.32 Å². The summed E-state index contributed by atoms with van der Waals surface area (Å²) in [5.74, 6) is 1.32. The molecule has 4 nitrogen and oxygen atoms in total. The van der Waals surface area contributed by atoms with Crippen molar-refractivity contribution in [2.24, 2.45) is 0 Å². The zero-order valence-corrected chi connectivity index (χ0v) is 12.6. The maximum Gasteiger partial charge on any atom is 0.215 e. The van der Waals surface area contributed by atoms with Gasteiger partial charge in [-0.05, 0) is 38.1 Å². The van der Waals surface area contributed by atoms with Crippen LogP contribution in [0.4, 0.5) is 11.5 Å². The molecule has 3 aromatic rings. The van der Waals surface area contributed by atoms with Crippen molar-refractivity contribution in [2.45, 2.75) is 20.0 Å². The maximum absolute atomic E-state index is 6.14. The predicted octanol–water partition coefficient (Wildman–Crippen LogP) is 4.75. The van der Waals surface area contributed by atoms with Crippen molar-refractivity contribution >= 4 is 34.0 Å². The van der Waals surface area contributed by atoms with Crippen molar-refractivity contribution in [1.29, 1.82) is 0 Å². The molecule has 0 unspecified atom stereocenters. The Morgan fingerprint density at radius 3 is 2.90 bits per heavy atom. The zero-order chi connectivity index (χ0) is 14.8. The molecule has 2 N–H and O–H groups in total. The average molecular weight is 302 g/mol. The summed E-state index contributed by atoms with van der Waals surface area (Å²) in [5.41, 5.74) is 1.90. The molecule has 2 heterocycles. The quantitative estimate of drug-likeness (QED) is 0.731. The minimum absolute atomic E-state index is 0.0929. The van der Waals surface area contributed by atoms with Crippen LogP contribution in [0.25, 0.3) is 10.9 Å². The third kappa shape index (κ3) is 3.11. The number of nitrogens with zero attached hydrogens (tertiary/aromatic N) is 1. The highest BCUT2D eigenvalue weighted by Crippen LogP contribution is 2.29. The fourth-order valence-electron chi connectivity index (χ4n) is 2.16. The van der Waals surface area contributed by atoms with Crippen LogP contribution in [0.2, 0.25) is 5.02 Å². The SMILES string of the molecule is CC(C)Oc1cccc(Nc2cc(Cl)cc3[nH]ccc23)n1. The number of aromatic amines is 1. The number of hydrogen-bond donors (Lipinski definition) is 2. The lowest BCUT2D eigenvalue weighted by Gasteiger charge is -2.11. The third-order valence-corrected chi connectivity index (χ3v) is 3.19. The van der Waals surface area contributed by atoms with Crippen molar-refractivity contribution in [3.63, 3.8) is 0 Å². The summed E-state index contributed by atoms with van der Waals surface area (Å²) in [5, 5.41) is 5.03. The number of anilines is 2. The van der Waals surface area contributed by atoms with E-state index in [1.807, 2.05) is 56.4 Å². The first kappa shape index (κ1) is 13.8. The molecule has 0 fully saturated rings. The van der Waals surface area contributed by atoms with Gasteiger partial charge < -0.3 is 15.0 Å². The smallest absolute Gasteiger partial charge is 0.215 e. The molecule has 0 aliphatic carbocycles. The molecule has 0 spiro atoms. The van der Waals surface area contributed by atoms with Crippen LogP contribution in [0.1, 0.15) is 13.8 Å². The molecule has 108 valence electrons. The molecule has 0 aliphatic heterocycles. The van der Waals surface area contributed by atoms with Gasteiger partial charge in [-0.1, -0.05) is 17.7 Å². The van der Waals surface area contributed by atoms with Gasteiger partial charge in [0.25, 0.3) is 0 Å². The van der Waals surface area contributed by atoms with Crippen molar-refractivity contribution in [1.82, 2.24) is 9.97 Å². The molecule has 0 radical (unpaired) electrons. The molecular weight excluding hydrogens is 286 g/mol. The number of halogens is 1. The van der Waals surface area contributed by atoms with Crippen LogP contribution in [0.3, 0.4) is 0 Å². The Kier molecular flexibility index (Phi) is 3.71. The summed E-state index contributed by atoms with van der Waals surface area (Å²) >= 11 is 6.14. The highest BCUT2D eigenvalue weighted by atomic mass is 35.5. The van der Waals surface area contributed by atoms with Gasteiger partial charge in [-0.15, -0.1) is 0 Å². The number of fused-ring (bicyclic) bond motifs is 1. The first-order valence-electron chi connectivity index (χ1n) is 6.79. The summed E-state index contributed by atoms with van der Waals surface area (Å²) in [7, 11) is 0. The fourth-order valence-corrected chi connectivity index (χ4v) is 2.38. The first-order valence-corrected chi connectivity index (χ1v) is 7.17. The normalized spacial score (nSPS) is 11.0. The number of ether oxygens (including phenoxy) is 1. The van der Waals surface area contributed by atoms with E-state index in [0.29, 0.717) is 10.9 Å². The van der Waals surface area contributed by atoms with Crippen LogP contribution in [-0.2, 0) is 0 Å². The van der Waals surface area contributed by atoms with E-state index in [0.717, 1.165) is 22.4 Å². The second kappa shape index (κ2) is 5.66. The number of H-pyrrole nitrogens is 1. The van der Waals surface area contributed by atoms with Gasteiger partial charge in [0.1, 0.15) is 5.82 Å². The molecule has 3 rings (SSSR count). The Bertz CT molecular complexity index is 767. The number of nitrogens with one attached hydrogen (secondary N) is 2. The van der Waals surface area contributed by atoms with E-state index in [9.17, 15) is 0 Å². The van der Waals surface area contributed by atoms with Gasteiger partial charge in [-0.25, -0.2) is 0 Å². The van der Waals surface area contributed by atoms with E-state index >= 15 is 0 Å². The molecular formula is C16H16ClN3O. The topological polar surface area (TPSA) is 49.9 Å². The lowest BCUT2D eigenvalue weighted by atomic mass is 10.2. The van der Waals surface area contributed by atoms with Gasteiger partial charge in [0.15, 0.2) is 0 Å². The lowest BCUT2D eigenvalue weighted by Crippen LogP contribution is -2.07. The number of aromatic nitrogens is 2. The van der Waals surface area contributed by atoms with Gasteiger partial charge in [-0.3, -0.25) is 0 Å². The number of benzene rings is 1. The predicted molar refractivity (Wildman–Crippen MR) is 86.6 cm³/mol. The minimum atomic E-state index is 0.0929. The van der Waals surface area contributed by atoms with E-state index in [1.165, 1.54) is 0 Å². The van der Waals surface area contributed by atoms with Gasteiger partial charge >= 0.3 is 0 Å². The Labute approximate surface area is 128 Å². The standard InChI is InChI=1S/C16H16ClN3O/c1-10(2)21-16-5-3-4-15(20-16)19-14-9-11(17)8-13-12(14)6-7-18-13/h3-10,18H,1-2H3,(H,19,20). The highest BCUT2D eigenvalue weighted by molar-refractivity contribution is 6.31. The van der Waals surface area contributed by atoms with Crippen LogP contribution >= 0.6 is 11.6 Å². The van der Waals surface area contributed by atoms with Crippen LogP contribution in [0.15, 0.2) is 42.6 Å². The van der Waals surface area contributed by atoms with Crippen molar-refractivity contribution in [3.05, 3.63) is 47.6 Å². The lowest BCUT2D eigenvalue weighted by molar-refractivity contribution is 0.233. The summed E-state index contributed by atoms with van der Waals surface area (Å²) in [4.78, 5) is 7.60. The van der Waals surface area contributed by atoms with Gasteiger partial charge in [0.2, 0.25) is 5.88 Å². The first-order chi connectivity index (χ1) is 10.1. The summed E-state index contributed by atoms with van der Waals surface area (Å²) in [6.45, 7) is 3.95. The molecule has 0 atom stereocenters. The number of pyridine rings is 1. The highest BCUT2D eigenvalue weighted by Gasteiger charge is 2.06. The molecule has 21 heavy (non-hydrogen) atoms. The number of hydrogen-bond acceptors (Lipinski definition) is 3. The van der Waals surface area contributed by atoms with Gasteiger partial charge in [0.05, 0.1) is 11.8 Å². The molecule has 1 aromatic carbocycles. The van der Waals surface area contributed by atoms with Crippen LogP contribution in [0, 0.1) is 0 Å². The summed E-state index contributed by atoms with van der Waals surface area (Å²) < 4.78 is 5.61. The zero-order valence-electron chi connectivity index (χ0n) is 11.9. The van der Waals surface area contributed by atoms with Crippen LogP contribution in [-0.4, -0.2) is 16.1 Å². The van der Waals surface area contributed by atoms with E-state index < -0.39 is 0 Å². The Morgan fingerprint density at radius 2 is 2.10 bits per heavy atom. The average Bonchev–Trinajstić information content (AvgIpc) is 2.86. The van der Waals surface area contributed by atoms with E-state index in [-0.39, 0.29) is 6.10 Å². The molecule has 0 amide bonds. The van der Waals surface area contributed by atoms with Gasteiger partial charge in [-0.2, -0.15) is 4.98 Å². The second-order valence-electron chi connectivity index (χ2n) is 5.04. The van der Waals surface area contributed by atoms with E-state index in [4.69, 9.17) is 16.3 Å². The summed E-state index contributed by atoms with van der Waals surface area (Å²) in [6.07, 6.45) is 1.98. The molecule has 0 saturated heterocycles. The molecule has 2 aromatic heterocycles. The largest absolute Gasteiger partial charge is 0.475 e. The van der Waals surface area contributed by atoms with E-state index in [1.54, 1.807) is 0 Å². The minimum Gasteiger partial charge on any atom is -0.475 e. The van der Waals surface area contributed by atoms with Crippen molar-refractivity contribution < 1.29 is 4.74 Å². The fraction of sp³-hybridized carbons (Fsp3) is 0.188. The third-order valence-electron chi connectivity index (χ3n) is 2.98. The Morgan fingerprint density at radius 1 is 1.24 bits per heavy atom. The Balaban J connectivity index is 1.93. The van der Waals surface area contributed by atoms with E-state index in [2.05, 4.69) is 15.3 Å². The van der Waals surface area contributed by atoms with Crippen LogP contribution in [0.5, 0.6) is 5.88 Å². The molecule has 0 aliphatic rings. The van der Waals surface area contributed by atoms with Crippen LogP contribution < -0.4 is 10.1 Å². The maximum atomic E-state index is 6.14. The number of rotatable bonds is 4.